The molecule has 8 heteroatoms. The fourth-order valence-electron chi connectivity index (χ4n) is 1.41. The average Bonchev–Trinajstić information content (AvgIpc) is 2.12. The molecule has 0 bridgehead atoms. The van der Waals surface area contributed by atoms with Gasteiger partial charge < -0.3 is 4.98 Å². The van der Waals surface area contributed by atoms with Crippen molar-refractivity contribution in [3.63, 3.8) is 0 Å². The molecule has 94 valence electrons. The smallest absolute Gasteiger partial charge is 0.315 e. The van der Waals surface area contributed by atoms with E-state index in [4.69, 9.17) is 0 Å². The van der Waals surface area contributed by atoms with E-state index in [0.717, 1.165) is 0 Å². The van der Waals surface area contributed by atoms with Crippen LogP contribution in [0.2, 0.25) is 0 Å². The quantitative estimate of drug-likeness (QED) is 0.775. The molecule has 2 rings (SSSR count). The molecule has 0 unspecified atom stereocenters. The van der Waals surface area contributed by atoms with Crippen molar-refractivity contribution in [2.75, 3.05) is 0 Å². The van der Waals surface area contributed by atoms with Crippen LogP contribution < -0.4 is 5.56 Å². The van der Waals surface area contributed by atoms with Crippen molar-refractivity contribution in [2.45, 2.75) is 4.90 Å². The van der Waals surface area contributed by atoms with E-state index in [2.05, 4.69) is 0 Å². The maximum atomic E-state index is 12.5. The predicted octanol–water partition coefficient (Wildman–Crippen LogP) is 4.19. The zero-order chi connectivity index (χ0) is 13.0. The van der Waals surface area contributed by atoms with Gasteiger partial charge in [0.15, 0.2) is 4.90 Å². The molecule has 1 N–H and O–H groups in total. The molecule has 0 radical (unpaired) electrons. The molecule has 0 aliphatic heterocycles. The van der Waals surface area contributed by atoms with Crippen LogP contribution in [0.3, 0.4) is 0 Å². The summed E-state index contributed by atoms with van der Waals surface area (Å²) in [5.41, 5.74) is -1.76. The summed E-state index contributed by atoms with van der Waals surface area (Å²) in [4.78, 5) is 10.4. The lowest BCUT2D eigenvalue weighted by Gasteiger charge is -2.39. The highest BCUT2D eigenvalue weighted by atomic mass is 32.5. The Balaban J connectivity index is 2.91. The Kier molecular flexibility index (Phi) is 1.84. The van der Waals surface area contributed by atoms with Gasteiger partial charge in [0.2, 0.25) is 0 Å². The molecule has 2 aromatic rings. The van der Waals surface area contributed by atoms with E-state index < -0.39 is 20.7 Å². The molecule has 0 atom stereocenters. The van der Waals surface area contributed by atoms with Crippen LogP contribution in [0.4, 0.5) is 19.4 Å². The van der Waals surface area contributed by atoms with Crippen molar-refractivity contribution in [3.05, 3.63) is 40.7 Å². The van der Waals surface area contributed by atoms with Gasteiger partial charge in [-0.2, -0.15) is 0 Å². The van der Waals surface area contributed by atoms with Gasteiger partial charge in [-0.25, -0.2) is 0 Å². The summed E-state index contributed by atoms with van der Waals surface area (Å²) in [7, 11) is -9.95. The molecule has 1 aromatic carbocycles. The number of aromatic amines is 1. The Morgan fingerprint density at radius 3 is 2.18 bits per heavy atom. The normalized spacial score (nSPS) is 16.5. The Labute approximate surface area is 91.8 Å². The molecule has 0 aliphatic carbocycles. The van der Waals surface area contributed by atoms with Crippen LogP contribution in [0.5, 0.6) is 0 Å². The minimum absolute atomic E-state index is 0.0723. The Morgan fingerprint density at radius 2 is 1.59 bits per heavy atom. The molecule has 0 aliphatic rings. The van der Waals surface area contributed by atoms with E-state index in [1.165, 1.54) is 24.3 Å². The van der Waals surface area contributed by atoms with Gasteiger partial charge in [0.1, 0.15) is 0 Å². The predicted molar refractivity (Wildman–Crippen MR) is 56.0 cm³/mol. The largest absolute Gasteiger partial charge is 0.321 e. The van der Waals surface area contributed by atoms with Crippen molar-refractivity contribution in [3.8, 4) is 0 Å². The number of rotatable bonds is 1. The van der Waals surface area contributed by atoms with Crippen molar-refractivity contribution < 1.29 is 19.4 Å². The summed E-state index contributed by atoms with van der Waals surface area (Å²) < 4.78 is 62.6. The third kappa shape index (κ3) is 2.26. The van der Waals surface area contributed by atoms with E-state index in [-0.39, 0.29) is 17.0 Å². The lowest BCUT2D eigenvalue weighted by Crippen LogP contribution is -2.20. The molecular weight excluding hydrogens is 265 g/mol. The fraction of sp³-hybridized carbons (Fsp3) is 0. The monoisotopic (exact) mass is 271 g/mol. The standard InChI is InChI=1S/C9H6F5NOS/c10-17(11,12,13,14)8-5-6-3-1-2-4-7(6)15-9(8)16/h1-5H,(H,15,16). The SMILES string of the molecule is O=c1[nH]c2ccccc2cc1S(F)(F)(F)(F)F. The number of nitrogens with one attached hydrogen (secondary N) is 1. The van der Waals surface area contributed by atoms with Crippen molar-refractivity contribution in [2.24, 2.45) is 0 Å². The molecule has 0 spiro atoms. The topological polar surface area (TPSA) is 32.9 Å². The van der Waals surface area contributed by atoms with Crippen LogP contribution in [-0.4, -0.2) is 4.98 Å². The van der Waals surface area contributed by atoms with E-state index >= 15 is 0 Å². The second kappa shape index (κ2) is 2.63. The maximum absolute atomic E-state index is 12.5. The summed E-state index contributed by atoms with van der Waals surface area (Å²) in [5.74, 6) is 0. The summed E-state index contributed by atoms with van der Waals surface area (Å²) in [5, 5.41) is -0.102. The number of aromatic nitrogens is 1. The number of benzene rings is 1. The molecular formula is C9H6F5NOS. The van der Waals surface area contributed by atoms with Gasteiger partial charge in [-0.3, -0.25) is 4.79 Å². The Bertz CT molecular complexity index is 660. The summed E-state index contributed by atoms with van der Waals surface area (Å²) in [6.45, 7) is 0. The maximum Gasteiger partial charge on any atom is 0.315 e. The van der Waals surface area contributed by atoms with Crippen LogP contribution in [0.1, 0.15) is 0 Å². The number of fused-ring (bicyclic) bond motifs is 1. The molecule has 1 heterocycles. The number of halogens is 5. The highest BCUT2D eigenvalue weighted by Gasteiger charge is 2.67. The van der Waals surface area contributed by atoms with Crippen LogP contribution in [-0.2, 0) is 0 Å². The third-order valence-corrected chi connectivity index (χ3v) is 3.27. The lowest BCUT2D eigenvalue weighted by atomic mass is 10.2. The van der Waals surface area contributed by atoms with Gasteiger partial charge in [-0.1, -0.05) is 37.6 Å². The Morgan fingerprint density at radius 1 is 1.00 bits per heavy atom. The van der Waals surface area contributed by atoms with Crippen molar-refractivity contribution in [1.29, 1.82) is 0 Å². The molecule has 0 amide bonds. The molecule has 2 nitrogen and oxygen atoms in total. The minimum Gasteiger partial charge on any atom is -0.321 e. The molecule has 1 aromatic heterocycles. The lowest BCUT2D eigenvalue weighted by molar-refractivity contribution is 0.362. The molecule has 17 heavy (non-hydrogen) atoms. The first-order valence-corrected chi connectivity index (χ1v) is 6.29. The number of pyridine rings is 1. The molecule has 0 saturated heterocycles. The second-order valence-electron chi connectivity index (χ2n) is 3.52. The summed E-state index contributed by atoms with van der Waals surface area (Å²) >= 11 is 0. The fourth-order valence-corrected chi connectivity index (χ4v) is 2.17. The van der Waals surface area contributed by atoms with E-state index in [1.54, 1.807) is 4.98 Å². The number of para-hydroxylation sites is 1. The van der Waals surface area contributed by atoms with Gasteiger partial charge in [-0.15, -0.1) is 0 Å². The first kappa shape index (κ1) is 11.9. The van der Waals surface area contributed by atoms with Crippen LogP contribution in [0, 0.1) is 0 Å². The molecule has 0 saturated carbocycles. The van der Waals surface area contributed by atoms with E-state index in [9.17, 15) is 24.2 Å². The first-order chi connectivity index (χ1) is 7.47. The van der Waals surface area contributed by atoms with E-state index in [0.29, 0.717) is 0 Å². The van der Waals surface area contributed by atoms with Crippen LogP contribution in [0.15, 0.2) is 40.0 Å². The van der Waals surface area contributed by atoms with Crippen LogP contribution in [0.25, 0.3) is 10.9 Å². The van der Waals surface area contributed by atoms with Crippen molar-refractivity contribution >= 4 is 21.1 Å². The molecule has 0 fully saturated rings. The van der Waals surface area contributed by atoms with Gasteiger partial charge >= 0.3 is 10.2 Å². The van der Waals surface area contributed by atoms with Gasteiger partial charge in [-0.05, 0) is 17.5 Å². The summed E-state index contributed by atoms with van der Waals surface area (Å²) in [6, 6.07) is 5.56. The number of hydrogen-bond acceptors (Lipinski definition) is 1. The number of H-pyrrole nitrogens is 1. The van der Waals surface area contributed by atoms with Gasteiger partial charge in [0.25, 0.3) is 5.56 Å². The third-order valence-electron chi connectivity index (χ3n) is 2.13. The van der Waals surface area contributed by atoms with Crippen LogP contribution >= 0.6 is 10.2 Å². The van der Waals surface area contributed by atoms with Crippen molar-refractivity contribution in [1.82, 2.24) is 4.98 Å². The Hall–Kier alpha value is -1.57. The highest BCUT2D eigenvalue weighted by Crippen LogP contribution is 3.01. The zero-order valence-corrected chi connectivity index (χ0v) is 8.91. The minimum atomic E-state index is -9.95. The number of hydrogen-bond donors (Lipinski definition) is 1. The average molecular weight is 271 g/mol. The van der Waals surface area contributed by atoms with Gasteiger partial charge in [0, 0.05) is 5.52 Å². The summed E-state index contributed by atoms with van der Waals surface area (Å²) in [6.07, 6.45) is 0. The van der Waals surface area contributed by atoms with Gasteiger partial charge in [0.05, 0.1) is 0 Å². The second-order valence-corrected chi connectivity index (χ2v) is 5.90. The highest BCUT2D eigenvalue weighted by molar-refractivity contribution is 8.45. The first-order valence-electron chi connectivity index (χ1n) is 4.33. The zero-order valence-electron chi connectivity index (χ0n) is 8.09. The van der Waals surface area contributed by atoms with E-state index in [1.807, 2.05) is 0 Å².